The van der Waals surface area contributed by atoms with Gasteiger partial charge in [-0.05, 0) is 24.5 Å². The van der Waals surface area contributed by atoms with Crippen LogP contribution in [0.25, 0.3) is 0 Å². The van der Waals surface area contributed by atoms with Crippen molar-refractivity contribution < 1.29 is 13.0 Å². The SMILES string of the molecule is CCc1csc(N(c2ccccc2CC)S(=O)(=O)O)n1. The molecule has 20 heavy (non-hydrogen) atoms. The van der Waals surface area contributed by atoms with Crippen LogP contribution >= 0.6 is 11.3 Å². The number of nitrogens with zero attached hydrogens (tertiary/aromatic N) is 2. The van der Waals surface area contributed by atoms with Crippen molar-refractivity contribution in [3.8, 4) is 0 Å². The molecule has 0 aliphatic rings. The first kappa shape index (κ1) is 15.0. The molecular formula is C13H16N2O3S2. The molecule has 0 radical (unpaired) electrons. The molecule has 0 spiro atoms. The van der Waals surface area contributed by atoms with Gasteiger partial charge in [-0.3, -0.25) is 4.55 Å². The third-order valence-corrected chi connectivity index (χ3v) is 4.72. The van der Waals surface area contributed by atoms with Gasteiger partial charge in [-0.1, -0.05) is 32.0 Å². The third kappa shape index (κ3) is 3.00. The molecule has 0 aliphatic heterocycles. The first-order valence-electron chi connectivity index (χ1n) is 6.27. The second-order valence-electron chi connectivity index (χ2n) is 4.20. The van der Waals surface area contributed by atoms with E-state index in [1.54, 1.807) is 17.5 Å². The van der Waals surface area contributed by atoms with Gasteiger partial charge >= 0.3 is 10.3 Å². The highest BCUT2D eigenvalue weighted by molar-refractivity contribution is 7.87. The molecule has 1 N–H and O–H groups in total. The van der Waals surface area contributed by atoms with Crippen LogP contribution in [0.2, 0.25) is 0 Å². The van der Waals surface area contributed by atoms with Crippen LogP contribution < -0.4 is 4.31 Å². The van der Waals surface area contributed by atoms with Crippen LogP contribution in [0.1, 0.15) is 25.1 Å². The average molecular weight is 312 g/mol. The summed E-state index contributed by atoms with van der Waals surface area (Å²) in [6.45, 7) is 3.87. The second kappa shape index (κ2) is 5.90. The summed E-state index contributed by atoms with van der Waals surface area (Å²) in [4.78, 5) is 4.25. The molecule has 1 heterocycles. The van der Waals surface area contributed by atoms with E-state index in [2.05, 4.69) is 4.98 Å². The molecule has 0 fully saturated rings. The lowest BCUT2D eigenvalue weighted by atomic mass is 10.1. The minimum absolute atomic E-state index is 0.255. The number of rotatable bonds is 5. The molecule has 0 atom stereocenters. The van der Waals surface area contributed by atoms with E-state index in [0.29, 0.717) is 18.5 Å². The summed E-state index contributed by atoms with van der Waals surface area (Å²) in [6.07, 6.45) is 1.37. The molecular weight excluding hydrogens is 296 g/mol. The summed E-state index contributed by atoms with van der Waals surface area (Å²) in [7, 11) is -4.42. The van der Waals surface area contributed by atoms with E-state index < -0.39 is 10.3 Å². The third-order valence-electron chi connectivity index (χ3n) is 2.90. The van der Waals surface area contributed by atoms with E-state index in [9.17, 15) is 13.0 Å². The molecule has 0 aliphatic carbocycles. The van der Waals surface area contributed by atoms with Crippen LogP contribution in [0.4, 0.5) is 10.8 Å². The van der Waals surface area contributed by atoms with Crippen LogP contribution in [-0.4, -0.2) is 18.0 Å². The van der Waals surface area contributed by atoms with Crippen LogP contribution in [0, 0.1) is 0 Å². The van der Waals surface area contributed by atoms with Crippen molar-refractivity contribution in [3.05, 3.63) is 40.9 Å². The van der Waals surface area contributed by atoms with Crippen molar-refractivity contribution in [2.75, 3.05) is 4.31 Å². The number of anilines is 2. The molecule has 2 aromatic rings. The van der Waals surface area contributed by atoms with Gasteiger partial charge in [0.25, 0.3) is 0 Å². The molecule has 0 amide bonds. The molecule has 0 bridgehead atoms. The van der Waals surface area contributed by atoms with E-state index >= 15 is 0 Å². The van der Waals surface area contributed by atoms with Crippen molar-refractivity contribution in [3.63, 3.8) is 0 Å². The maximum absolute atomic E-state index is 11.7. The minimum Gasteiger partial charge on any atom is -0.269 e. The summed E-state index contributed by atoms with van der Waals surface area (Å²) < 4.78 is 33.9. The number of hydrogen-bond acceptors (Lipinski definition) is 4. The lowest BCUT2D eigenvalue weighted by molar-refractivity contribution is 0.483. The summed E-state index contributed by atoms with van der Waals surface area (Å²) in [6, 6.07) is 7.08. The molecule has 0 saturated carbocycles. The molecule has 0 saturated heterocycles. The Morgan fingerprint density at radius 3 is 2.50 bits per heavy atom. The van der Waals surface area contributed by atoms with E-state index in [-0.39, 0.29) is 5.13 Å². The van der Waals surface area contributed by atoms with Gasteiger partial charge in [0.05, 0.1) is 11.4 Å². The van der Waals surface area contributed by atoms with Crippen LogP contribution in [-0.2, 0) is 23.1 Å². The summed E-state index contributed by atoms with van der Waals surface area (Å²) in [5.41, 5.74) is 2.07. The fourth-order valence-corrected chi connectivity index (χ4v) is 3.79. The van der Waals surface area contributed by atoms with Gasteiger partial charge in [-0.2, -0.15) is 12.7 Å². The predicted molar refractivity (Wildman–Crippen MR) is 81.0 cm³/mol. The lowest BCUT2D eigenvalue weighted by Crippen LogP contribution is -2.26. The van der Waals surface area contributed by atoms with Crippen LogP contribution in [0.3, 0.4) is 0 Å². The fraction of sp³-hybridized carbons (Fsp3) is 0.308. The monoisotopic (exact) mass is 312 g/mol. The number of aryl methyl sites for hydroxylation is 2. The van der Waals surface area contributed by atoms with E-state index in [4.69, 9.17) is 0 Å². The van der Waals surface area contributed by atoms with E-state index in [1.807, 2.05) is 26.0 Å². The molecule has 7 heteroatoms. The number of hydrogen-bond donors (Lipinski definition) is 1. The van der Waals surface area contributed by atoms with Gasteiger partial charge in [-0.15, -0.1) is 11.3 Å². The first-order valence-corrected chi connectivity index (χ1v) is 8.55. The zero-order chi connectivity index (χ0) is 14.8. The molecule has 2 rings (SSSR count). The Morgan fingerprint density at radius 2 is 1.95 bits per heavy atom. The Kier molecular flexibility index (Phi) is 4.42. The van der Waals surface area contributed by atoms with E-state index in [1.165, 1.54) is 11.3 Å². The number of aromatic nitrogens is 1. The zero-order valence-electron chi connectivity index (χ0n) is 11.3. The van der Waals surface area contributed by atoms with Gasteiger partial charge < -0.3 is 0 Å². The first-order chi connectivity index (χ1) is 9.47. The van der Waals surface area contributed by atoms with Gasteiger partial charge in [0.15, 0.2) is 0 Å². The van der Waals surface area contributed by atoms with Crippen molar-refractivity contribution >= 4 is 32.5 Å². The Labute approximate surface area is 122 Å². The lowest BCUT2D eigenvalue weighted by Gasteiger charge is -2.20. The van der Waals surface area contributed by atoms with E-state index in [0.717, 1.165) is 15.6 Å². The highest BCUT2D eigenvalue weighted by Crippen LogP contribution is 2.33. The summed E-state index contributed by atoms with van der Waals surface area (Å²) in [5.74, 6) is 0. The Hall–Kier alpha value is -1.44. The standard InChI is InChI=1S/C13H16N2O3S2/c1-3-10-7-5-6-8-12(10)15(20(16,17)18)13-14-11(4-2)9-19-13/h5-9H,3-4H2,1-2H3,(H,16,17,18). The summed E-state index contributed by atoms with van der Waals surface area (Å²) >= 11 is 1.20. The van der Waals surface area contributed by atoms with Crippen molar-refractivity contribution in [2.24, 2.45) is 0 Å². The maximum Gasteiger partial charge on any atom is 0.366 e. The quantitative estimate of drug-likeness (QED) is 0.861. The topological polar surface area (TPSA) is 70.5 Å². The molecule has 108 valence electrons. The van der Waals surface area contributed by atoms with Gasteiger partial charge in [-0.25, -0.2) is 4.98 Å². The van der Waals surface area contributed by atoms with Gasteiger partial charge in [0.1, 0.15) is 0 Å². The van der Waals surface area contributed by atoms with Crippen molar-refractivity contribution in [1.29, 1.82) is 0 Å². The Balaban J connectivity index is 2.59. The second-order valence-corrected chi connectivity index (χ2v) is 6.30. The number of thiazole rings is 1. The molecule has 1 aromatic carbocycles. The van der Waals surface area contributed by atoms with Crippen molar-refractivity contribution in [1.82, 2.24) is 4.98 Å². The zero-order valence-corrected chi connectivity index (χ0v) is 12.9. The van der Waals surface area contributed by atoms with Crippen LogP contribution in [0.5, 0.6) is 0 Å². The summed E-state index contributed by atoms with van der Waals surface area (Å²) in [5, 5.41) is 2.05. The Morgan fingerprint density at radius 1 is 1.25 bits per heavy atom. The highest BCUT2D eigenvalue weighted by atomic mass is 32.2. The minimum atomic E-state index is -4.42. The van der Waals surface area contributed by atoms with Gasteiger partial charge in [0, 0.05) is 5.38 Å². The molecule has 1 aromatic heterocycles. The van der Waals surface area contributed by atoms with Crippen LogP contribution in [0.15, 0.2) is 29.6 Å². The largest absolute Gasteiger partial charge is 0.366 e. The highest BCUT2D eigenvalue weighted by Gasteiger charge is 2.26. The normalized spacial score (nSPS) is 11.6. The molecule has 5 nitrogen and oxygen atoms in total. The fourth-order valence-electron chi connectivity index (χ4n) is 1.89. The number of benzene rings is 1. The average Bonchev–Trinajstić information content (AvgIpc) is 2.86. The van der Waals surface area contributed by atoms with Gasteiger partial charge in [0.2, 0.25) is 5.13 Å². The van der Waals surface area contributed by atoms with Crippen molar-refractivity contribution in [2.45, 2.75) is 26.7 Å². The Bertz CT molecular complexity index is 695. The smallest absolute Gasteiger partial charge is 0.269 e. The molecule has 0 unspecified atom stereocenters. The number of para-hydroxylation sites is 1. The predicted octanol–water partition coefficient (Wildman–Crippen LogP) is 3.21. The maximum atomic E-state index is 11.7.